The summed E-state index contributed by atoms with van der Waals surface area (Å²) >= 11 is 6.15. The number of aryl methyl sites for hydroxylation is 1. The van der Waals surface area contributed by atoms with E-state index < -0.39 is 0 Å². The van der Waals surface area contributed by atoms with Crippen molar-refractivity contribution < 1.29 is 9.47 Å². The zero-order valence-electron chi connectivity index (χ0n) is 10.8. The second kappa shape index (κ2) is 7.84. The molecule has 1 rings (SSSR count). The molecule has 0 aliphatic heterocycles. The number of hydrogen-bond acceptors (Lipinski definition) is 3. The van der Waals surface area contributed by atoms with E-state index >= 15 is 0 Å². The molecular formula is C14H18ClNO2. The van der Waals surface area contributed by atoms with Crippen molar-refractivity contribution in [1.29, 1.82) is 5.26 Å². The zero-order valence-corrected chi connectivity index (χ0v) is 11.6. The predicted molar refractivity (Wildman–Crippen MR) is 72.3 cm³/mol. The van der Waals surface area contributed by atoms with E-state index in [9.17, 15) is 0 Å². The van der Waals surface area contributed by atoms with Crippen LogP contribution in [0.15, 0.2) is 12.1 Å². The Kier molecular flexibility index (Phi) is 6.38. The molecule has 18 heavy (non-hydrogen) atoms. The van der Waals surface area contributed by atoms with Gasteiger partial charge in [-0.1, -0.05) is 11.6 Å². The van der Waals surface area contributed by atoms with E-state index in [1.165, 1.54) is 0 Å². The SMILES string of the molecule is CCOc1cc(OCC)c(CCCC#N)cc1Cl. The Hall–Kier alpha value is -1.40. The van der Waals surface area contributed by atoms with Gasteiger partial charge in [-0.15, -0.1) is 0 Å². The second-order valence-electron chi connectivity index (χ2n) is 3.77. The number of ether oxygens (including phenoxy) is 2. The van der Waals surface area contributed by atoms with Gasteiger partial charge in [0, 0.05) is 12.5 Å². The van der Waals surface area contributed by atoms with Crippen molar-refractivity contribution in [3.05, 3.63) is 22.7 Å². The molecule has 0 aromatic heterocycles. The van der Waals surface area contributed by atoms with Gasteiger partial charge in [0.15, 0.2) is 0 Å². The minimum atomic E-state index is 0.538. The van der Waals surface area contributed by atoms with Crippen molar-refractivity contribution in [2.75, 3.05) is 13.2 Å². The van der Waals surface area contributed by atoms with E-state index in [-0.39, 0.29) is 0 Å². The normalized spacial score (nSPS) is 9.89. The molecule has 0 bridgehead atoms. The summed E-state index contributed by atoms with van der Waals surface area (Å²) in [5, 5.41) is 9.15. The first-order valence-corrected chi connectivity index (χ1v) is 6.55. The number of rotatable bonds is 7. The van der Waals surface area contributed by atoms with Gasteiger partial charge in [-0.3, -0.25) is 0 Å². The Morgan fingerprint density at radius 2 is 1.83 bits per heavy atom. The highest BCUT2D eigenvalue weighted by molar-refractivity contribution is 6.32. The minimum Gasteiger partial charge on any atom is -0.493 e. The fourth-order valence-electron chi connectivity index (χ4n) is 1.69. The van der Waals surface area contributed by atoms with Crippen molar-refractivity contribution in [2.24, 2.45) is 0 Å². The summed E-state index contributed by atoms with van der Waals surface area (Å²) in [7, 11) is 0. The van der Waals surface area contributed by atoms with E-state index in [0.29, 0.717) is 30.4 Å². The quantitative estimate of drug-likeness (QED) is 0.702. The Balaban J connectivity index is 2.93. The van der Waals surface area contributed by atoms with Crippen LogP contribution in [0.2, 0.25) is 5.02 Å². The fourth-order valence-corrected chi connectivity index (χ4v) is 1.93. The molecule has 0 fully saturated rings. The number of nitriles is 1. The number of unbranched alkanes of at least 4 members (excludes halogenated alkanes) is 1. The van der Waals surface area contributed by atoms with Crippen molar-refractivity contribution in [1.82, 2.24) is 0 Å². The average molecular weight is 268 g/mol. The third-order valence-corrected chi connectivity index (χ3v) is 2.74. The van der Waals surface area contributed by atoms with Crippen LogP contribution in [0.4, 0.5) is 0 Å². The topological polar surface area (TPSA) is 42.2 Å². The fraction of sp³-hybridized carbons (Fsp3) is 0.500. The van der Waals surface area contributed by atoms with Gasteiger partial charge in [0.25, 0.3) is 0 Å². The number of nitrogens with zero attached hydrogens (tertiary/aromatic N) is 1. The molecule has 4 heteroatoms. The smallest absolute Gasteiger partial charge is 0.141 e. The van der Waals surface area contributed by atoms with Gasteiger partial charge in [-0.25, -0.2) is 0 Å². The van der Waals surface area contributed by atoms with E-state index in [0.717, 1.165) is 24.2 Å². The third kappa shape index (κ3) is 4.12. The predicted octanol–water partition coefficient (Wildman–Crippen LogP) is 3.98. The molecule has 0 heterocycles. The Labute approximate surface area is 113 Å². The molecule has 1 aromatic rings. The number of halogens is 1. The molecule has 0 N–H and O–H groups in total. The van der Waals surface area contributed by atoms with Crippen molar-refractivity contribution in [3.63, 3.8) is 0 Å². The van der Waals surface area contributed by atoms with Crippen LogP contribution in [0.25, 0.3) is 0 Å². The maximum atomic E-state index is 8.56. The van der Waals surface area contributed by atoms with E-state index in [1.54, 1.807) is 0 Å². The standard InChI is InChI=1S/C14H18ClNO2/c1-3-17-13-10-14(18-4-2)12(15)9-11(13)7-5-6-8-16/h9-10H,3-7H2,1-2H3. The van der Waals surface area contributed by atoms with Gasteiger partial charge in [0.1, 0.15) is 11.5 Å². The van der Waals surface area contributed by atoms with E-state index in [2.05, 4.69) is 6.07 Å². The molecular weight excluding hydrogens is 250 g/mol. The Morgan fingerprint density at radius 3 is 2.44 bits per heavy atom. The summed E-state index contributed by atoms with van der Waals surface area (Å²) in [4.78, 5) is 0. The molecule has 0 atom stereocenters. The van der Waals surface area contributed by atoms with Gasteiger partial charge in [-0.2, -0.15) is 5.26 Å². The van der Waals surface area contributed by atoms with E-state index in [4.69, 9.17) is 26.3 Å². The molecule has 0 aliphatic rings. The number of benzene rings is 1. The van der Waals surface area contributed by atoms with Crippen LogP contribution < -0.4 is 9.47 Å². The maximum Gasteiger partial charge on any atom is 0.141 e. The number of hydrogen-bond donors (Lipinski definition) is 0. The van der Waals surface area contributed by atoms with Crippen LogP contribution in [0, 0.1) is 11.3 Å². The van der Waals surface area contributed by atoms with Gasteiger partial charge in [0.2, 0.25) is 0 Å². The van der Waals surface area contributed by atoms with Crippen LogP contribution >= 0.6 is 11.6 Å². The molecule has 0 amide bonds. The summed E-state index contributed by atoms with van der Waals surface area (Å²) in [5.74, 6) is 1.44. The largest absolute Gasteiger partial charge is 0.493 e. The highest BCUT2D eigenvalue weighted by Crippen LogP contribution is 2.33. The average Bonchev–Trinajstić information content (AvgIpc) is 2.35. The second-order valence-corrected chi connectivity index (χ2v) is 4.18. The lowest BCUT2D eigenvalue weighted by Crippen LogP contribution is -2.00. The lowest BCUT2D eigenvalue weighted by molar-refractivity contribution is 0.320. The summed E-state index contributed by atoms with van der Waals surface area (Å²) in [6.45, 7) is 5.02. The first-order valence-electron chi connectivity index (χ1n) is 6.17. The molecule has 0 aliphatic carbocycles. The Morgan fingerprint density at radius 1 is 1.17 bits per heavy atom. The van der Waals surface area contributed by atoms with Crippen LogP contribution in [-0.2, 0) is 6.42 Å². The molecule has 0 unspecified atom stereocenters. The summed E-state index contributed by atoms with van der Waals surface area (Å²) in [6, 6.07) is 5.84. The van der Waals surface area contributed by atoms with Gasteiger partial charge >= 0.3 is 0 Å². The van der Waals surface area contributed by atoms with Crippen LogP contribution in [0.3, 0.4) is 0 Å². The monoisotopic (exact) mass is 267 g/mol. The molecule has 0 radical (unpaired) electrons. The third-order valence-electron chi connectivity index (χ3n) is 2.45. The first kappa shape index (κ1) is 14.7. The molecule has 0 saturated heterocycles. The zero-order chi connectivity index (χ0) is 13.4. The highest BCUT2D eigenvalue weighted by atomic mass is 35.5. The van der Waals surface area contributed by atoms with Crippen LogP contribution in [-0.4, -0.2) is 13.2 Å². The van der Waals surface area contributed by atoms with Gasteiger partial charge < -0.3 is 9.47 Å². The Bertz CT molecular complexity index is 427. The molecule has 1 aromatic carbocycles. The van der Waals surface area contributed by atoms with E-state index in [1.807, 2.05) is 26.0 Å². The molecule has 0 spiro atoms. The summed E-state index contributed by atoms with van der Waals surface area (Å²) in [5.41, 5.74) is 1.03. The van der Waals surface area contributed by atoms with Crippen LogP contribution in [0.5, 0.6) is 11.5 Å². The van der Waals surface area contributed by atoms with Crippen molar-refractivity contribution in [2.45, 2.75) is 33.1 Å². The molecule has 98 valence electrons. The molecule has 3 nitrogen and oxygen atoms in total. The van der Waals surface area contributed by atoms with Crippen LogP contribution in [0.1, 0.15) is 32.3 Å². The minimum absolute atomic E-state index is 0.538. The van der Waals surface area contributed by atoms with Gasteiger partial charge in [0.05, 0.1) is 24.3 Å². The summed E-state index contributed by atoms with van der Waals surface area (Å²) < 4.78 is 11.0. The van der Waals surface area contributed by atoms with Crippen molar-refractivity contribution in [3.8, 4) is 17.6 Å². The highest BCUT2D eigenvalue weighted by Gasteiger charge is 2.10. The maximum absolute atomic E-state index is 8.56. The lowest BCUT2D eigenvalue weighted by atomic mass is 10.1. The van der Waals surface area contributed by atoms with Gasteiger partial charge in [-0.05, 0) is 38.3 Å². The first-order chi connectivity index (χ1) is 8.72. The molecule has 0 saturated carbocycles. The van der Waals surface area contributed by atoms with Crippen molar-refractivity contribution >= 4 is 11.6 Å². The lowest BCUT2D eigenvalue weighted by Gasteiger charge is -2.13. The summed E-state index contributed by atoms with van der Waals surface area (Å²) in [6.07, 6.45) is 2.13.